The first-order chi connectivity index (χ1) is 6.91. The molecule has 0 saturated carbocycles. The van der Waals surface area contributed by atoms with Crippen LogP contribution in [0.2, 0.25) is 0 Å². The molecular formula is C9H18N2O3S2. The third-order valence-corrected chi connectivity index (χ3v) is 2.67. The third kappa shape index (κ3) is 2.83. The average molecular weight is 266 g/mol. The Morgan fingerprint density at radius 1 is 1.62 bits per heavy atom. The molecule has 1 rings (SSSR count). The zero-order valence-corrected chi connectivity index (χ0v) is 11.7. The van der Waals surface area contributed by atoms with Crippen molar-refractivity contribution in [1.82, 2.24) is 10.4 Å². The molecule has 0 aromatic rings. The topological polar surface area (TPSA) is 58.6 Å². The zero-order valence-electron chi connectivity index (χ0n) is 9.86. The Bertz CT molecular complexity index is 284. The van der Waals surface area contributed by atoms with Gasteiger partial charge in [0.05, 0.1) is 5.54 Å². The minimum absolute atomic E-state index is 0. The molecule has 16 heavy (non-hydrogen) atoms. The summed E-state index contributed by atoms with van der Waals surface area (Å²) in [6.07, 6.45) is 1.89. The van der Waals surface area contributed by atoms with Crippen molar-refractivity contribution in [2.75, 3.05) is 12.2 Å². The van der Waals surface area contributed by atoms with E-state index in [1.807, 2.05) is 20.1 Å². The average Bonchev–Trinajstić information content (AvgIpc) is 2.14. The van der Waals surface area contributed by atoms with Crippen molar-refractivity contribution >= 4 is 37.1 Å². The zero-order chi connectivity index (χ0) is 11.6. The minimum atomic E-state index is -0.475. The van der Waals surface area contributed by atoms with Crippen molar-refractivity contribution in [1.29, 1.82) is 0 Å². The fourth-order valence-corrected chi connectivity index (χ4v) is 1.74. The predicted molar refractivity (Wildman–Crippen MR) is 68.4 cm³/mol. The van der Waals surface area contributed by atoms with Gasteiger partial charge in [-0.1, -0.05) is 0 Å². The highest BCUT2D eigenvalue weighted by Gasteiger charge is 2.55. The molecule has 1 N–H and O–H groups in total. The Labute approximate surface area is 107 Å². The summed E-state index contributed by atoms with van der Waals surface area (Å²) in [5.74, 6) is 0.0392. The second-order valence-corrected chi connectivity index (χ2v) is 4.77. The van der Waals surface area contributed by atoms with Gasteiger partial charge < -0.3 is 5.32 Å². The molecule has 2 amide bonds. The van der Waals surface area contributed by atoms with Gasteiger partial charge in [0, 0.05) is 6.92 Å². The lowest BCUT2D eigenvalue weighted by atomic mass is 9.84. The fraction of sp³-hybridized carbons (Fsp3) is 0.778. The Hall–Kier alpha value is -0.400. The number of hydroxylamine groups is 2. The summed E-state index contributed by atoms with van der Waals surface area (Å²) in [6.45, 7) is 5.11. The van der Waals surface area contributed by atoms with Gasteiger partial charge >= 0.3 is 0 Å². The highest BCUT2D eigenvalue weighted by Crippen LogP contribution is 2.32. The molecule has 0 aromatic heterocycles. The number of hydrogen-bond donors (Lipinski definition) is 1. The maximum atomic E-state index is 11.6. The standard InChI is InChI=1S/C9H16N2O3S.H2S/c1-6(12)10-7-8(13)11(9(7,2)3)14-5-15-4;/h7H,5H2,1-4H3,(H,10,12);1H2/t7-;/m1./s1. The van der Waals surface area contributed by atoms with Gasteiger partial charge in [-0.2, -0.15) is 13.5 Å². The molecule has 1 aliphatic heterocycles. The number of amides is 2. The van der Waals surface area contributed by atoms with E-state index in [2.05, 4.69) is 5.32 Å². The molecule has 5 nitrogen and oxygen atoms in total. The van der Waals surface area contributed by atoms with Crippen molar-refractivity contribution in [2.24, 2.45) is 0 Å². The molecule has 0 radical (unpaired) electrons. The fourth-order valence-electron chi connectivity index (χ4n) is 1.53. The van der Waals surface area contributed by atoms with Crippen LogP contribution < -0.4 is 5.32 Å². The van der Waals surface area contributed by atoms with Crippen molar-refractivity contribution in [3.8, 4) is 0 Å². The molecule has 1 saturated heterocycles. The summed E-state index contributed by atoms with van der Waals surface area (Å²) < 4.78 is 0. The van der Waals surface area contributed by atoms with E-state index in [0.29, 0.717) is 5.94 Å². The van der Waals surface area contributed by atoms with Crippen LogP contribution in [0.1, 0.15) is 20.8 Å². The Kier molecular flexibility index (Phi) is 5.64. The Morgan fingerprint density at radius 3 is 2.56 bits per heavy atom. The van der Waals surface area contributed by atoms with E-state index in [1.54, 1.807) is 0 Å². The van der Waals surface area contributed by atoms with Gasteiger partial charge in [0.1, 0.15) is 12.0 Å². The van der Waals surface area contributed by atoms with E-state index in [4.69, 9.17) is 4.84 Å². The van der Waals surface area contributed by atoms with Crippen LogP contribution in [0.3, 0.4) is 0 Å². The summed E-state index contributed by atoms with van der Waals surface area (Å²) in [4.78, 5) is 27.7. The Balaban J connectivity index is 0.00000225. The minimum Gasteiger partial charge on any atom is -0.342 e. The molecule has 0 bridgehead atoms. The molecule has 0 spiro atoms. The van der Waals surface area contributed by atoms with Crippen LogP contribution in [-0.2, 0) is 14.4 Å². The number of β-lactam (4-membered cyclic amide) rings is 1. The molecule has 1 heterocycles. The van der Waals surface area contributed by atoms with Crippen molar-refractivity contribution in [3.63, 3.8) is 0 Å². The lowest BCUT2D eigenvalue weighted by molar-refractivity contribution is -0.249. The number of carbonyl (C=O) groups is 2. The van der Waals surface area contributed by atoms with E-state index in [9.17, 15) is 9.59 Å². The first kappa shape index (κ1) is 15.6. The summed E-state index contributed by atoms with van der Waals surface area (Å²) in [5, 5.41) is 3.93. The van der Waals surface area contributed by atoms with Crippen LogP contribution in [0.5, 0.6) is 0 Å². The number of carbonyl (C=O) groups excluding carboxylic acids is 2. The number of rotatable bonds is 4. The van der Waals surface area contributed by atoms with E-state index < -0.39 is 11.6 Å². The van der Waals surface area contributed by atoms with Crippen molar-refractivity contribution in [2.45, 2.75) is 32.4 Å². The highest BCUT2D eigenvalue weighted by molar-refractivity contribution is 7.98. The summed E-state index contributed by atoms with van der Waals surface area (Å²) in [5.41, 5.74) is -0.474. The third-order valence-electron chi connectivity index (χ3n) is 2.32. The highest BCUT2D eigenvalue weighted by atomic mass is 32.2. The van der Waals surface area contributed by atoms with Gasteiger partial charge in [-0.15, -0.1) is 11.8 Å². The number of nitrogens with zero attached hydrogens (tertiary/aromatic N) is 1. The van der Waals surface area contributed by atoms with Crippen LogP contribution in [0.4, 0.5) is 0 Å². The molecule has 7 heteroatoms. The predicted octanol–water partition coefficient (Wildman–Crippen LogP) is 0.477. The van der Waals surface area contributed by atoms with E-state index in [0.717, 1.165) is 0 Å². The first-order valence-electron chi connectivity index (χ1n) is 4.64. The summed E-state index contributed by atoms with van der Waals surface area (Å²) in [6, 6.07) is -0.475. The normalized spacial score (nSPS) is 22.1. The molecule has 0 unspecified atom stereocenters. The van der Waals surface area contributed by atoms with E-state index in [-0.39, 0.29) is 25.3 Å². The number of thioether (sulfide) groups is 1. The van der Waals surface area contributed by atoms with Gasteiger partial charge in [0.15, 0.2) is 0 Å². The second kappa shape index (κ2) is 5.79. The lowest BCUT2D eigenvalue weighted by Crippen LogP contribution is -2.76. The van der Waals surface area contributed by atoms with Crippen LogP contribution in [-0.4, -0.2) is 40.7 Å². The molecule has 1 aliphatic rings. The van der Waals surface area contributed by atoms with E-state index >= 15 is 0 Å². The quantitative estimate of drug-likeness (QED) is 0.594. The largest absolute Gasteiger partial charge is 0.342 e. The summed E-state index contributed by atoms with van der Waals surface area (Å²) >= 11 is 1.49. The Morgan fingerprint density at radius 2 is 2.19 bits per heavy atom. The van der Waals surface area contributed by atoms with Gasteiger partial charge in [0.2, 0.25) is 5.91 Å². The maximum Gasteiger partial charge on any atom is 0.271 e. The lowest BCUT2D eigenvalue weighted by Gasteiger charge is -2.51. The van der Waals surface area contributed by atoms with Crippen LogP contribution in [0, 0.1) is 0 Å². The summed E-state index contributed by atoms with van der Waals surface area (Å²) in [7, 11) is 0. The monoisotopic (exact) mass is 266 g/mol. The SMILES string of the molecule is CSCON1C(=O)[C@@H](NC(C)=O)C1(C)C.S. The van der Waals surface area contributed by atoms with Crippen LogP contribution >= 0.6 is 25.3 Å². The van der Waals surface area contributed by atoms with Gasteiger partial charge in [-0.3, -0.25) is 14.4 Å². The number of hydrogen-bond acceptors (Lipinski definition) is 4. The first-order valence-corrected chi connectivity index (χ1v) is 6.03. The van der Waals surface area contributed by atoms with Crippen molar-refractivity contribution in [3.05, 3.63) is 0 Å². The van der Waals surface area contributed by atoms with Crippen LogP contribution in [0.15, 0.2) is 0 Å². The molecule has 94 valence electrons. The van der Waals surface area contributed by atoms with Gasteiger partial charge in [-0.25, -0.2) is 5.06 Å². The number of nitrogens with one attached hydrogen (secondary N) is 1. The van der Waals surface area contributed by atoms with Gasteiger partial charge in [-0.05, 0) is 20.1 Å². The van der Waals surface area contributed by atoms with E-state index in [1.165, 1.54) is 23.7 Å². The van der Waals surface area contributed by atoms with Crippen molar-refractivity contribution < 1.29 is 14.4 Å². The maximum absolute atomic E-state index is 11.6. The smallest absolute Gasteiger partial charge is 0.271 e. The molecule has 0 aliphatic carbocycles. The second-order valence-electron chi connectivity index (χ2n) is 3.96. The molecule has 1 fully saturated rings. The molecular weight excluding hydrogens is 248 g/mol. The molecule has 0 aromatic carbocycles. The van der Waals surface area contributed by atoms with Gasteiger partial charge in [0.25, 0.3) is 5.91 Å². The molecule has 1 atom stereocenters. The van der Waals surface area contributed by atoms with Crippen LogP contribution in [0.25, 0.3) is 0 Å².